The van der Waals surface area contributed by atoms with Crippen molar-refractivity contribution in [2.75, 3.05) is 25.9 Å². The van der Waals surface area contributed by atoms with Gasteiger partial charge < -0.3 is 9.42 Å². The minimum Gasteiger partial charge on any atom is -0.337 e. The molecule has 0 aliphatic carbocycles. The summed E-state index contributed by atoms with van der Waals surface area (Å²) in [6, 6.07) is 7.79. The van der Waals surface area contributed by atoms with E-state index in [0.717, 1.165) is 11.1 Å². The summed E-state index contributed by atoms with van der Waals surface area (Å²) in [4.78, 5) is 18.7. The maximum absolute atomic E-state index is 12.8. The normalized spacial score (nSPS) is 18.2. The molecule has 1 amide bonds. The Morgan fingerprint density at radius 2 is 2.04 bits per heavy atom. The van der Waals surface area contributed by atoms with Crippen molar-refractivity contribution in [3.63, 3.8) is 0 Å². The molecule has 2 heterocycles. The van der Waals surface area contributed by atoms with Crippen molar-refractivity contribution in [1.82, 2.24) is 19.3 Å². The van der Waals surface area contributed by atoms with Gasteiger partial charge in [-0.3, -0.25) is 4.79 Å². The molecule has 9 heteroatoms. The molecule has 0 unspecified atom stereocenters. The Morgan fingerprint density at radius 3 is 2.71 bits per heavy atom. The van der Waals surface area contributed by atoms with E-state index >= 15 is 0 Å². The third-order valence-electron chi connectivity index (χ3n) is 5.02. The van der Waals surface area contributed by atoms with E-state index in [-0.39, 0.29) is 30.7 Å². The molecule has 1 aromatic heterocycles. The molecule has 28 heavy (non-hydrogen) atoms. The highest BCUT2D eigenvalue weighted by Crippen LogP contribution is 2.22. The van der Waals surface area contributed by atoms with Gasteiger partial charge in [0.25, 0.3) is 0 Å². The summed E-state index contributed by atoms with van der Waals surface area (Å²) in [5.41, 5.74) is 1.99. The van der Waals surface area contributed by atoms with Gasteiger partial charge in [0.15, 0.2) is 0 Å². The molecule has 1 atom stereocenters. The van der Waals surface area contributed by atoms with E-state index in [1.807, 2.05) is 31.2 Å². The predicted octanol–water partition coefficient (Wildman–Crippen LogP) is 2.07. The zero-order valence-corrected chi connectivity index (χ0v) is 17.3. The number of carbonyl (C=O) groups is 1. The maximum Gasteiger partial charge on any atom is 0.246 e. The quantitative estimate of drug-likeness (QED) is 0.729. The summed E-state index contributed by atoms with van der Waals surface area (Å²) in [6.07, 6.45) is 1.36. The molecule has 1 aliphatic heterocycles. The number of rotatable bonds is 6. The lowest BCUT2D eigenvalue weighted by Crippen LogP contribution is -2.46. The van der Waals surface area contributed by atoms with Crippen LogP contribution in [-0.2, 0) is 21.4 Å². The SMILES string of the molecule is CCS(=O)(=O)N1CCC[C@@H](C(=O)N(C)Cc2nc(-c3ccc(C)cc3)no2)C1. The second-order valence-electron chi connectivity index (χ2n) is 7.17. The summed E-state index contributed by atoms with van der Waals surface area (Å²) in [6.45, 7) is 4.53. The third kappa shape index (κ3) is 4.59. The van der Waals surface area contributed by atoms with Crippen molar-refractivity contribution in [2.24, 2.45) is 5.92 Å². The Balaban J connectivity index is 1.63. The van der Waals surface area contributed by atoms with E-state index in [4.69, 9.17) is 4.52 Å². The number of hydrogen-bond donors (Lipinski definition) is 0. The van der Waals surface area contributed by atoms with Gasteiger partial charge in [-0.05, 0) is 26.7 Å². The van der Waals surface area contributed by atoms with Crippen LogP contribution in [0.25, 0.3) is 11.4 Å². The number of amides is 1. The van der Waals surface area contributed by atoms with Crippen LogP contribution in [0.1, 0.15) is 31.2 Å². The summed E-state index contributed by atoms with van der Waals surface area (Å²) in [5.74, 6) is 0.424. The molecular formula is C19H26N4O4S. The number of sulfonamides is 1. The van der Waals surface area contributed by atoms with Crippen LogP contribution in [-0.4, -0.2) is 59.6 Å². The van der Waals surface area contributed by atoms with Gasteiger partial charge in [0.2, 0.25) is 27.6 Å². The van der Waals surface area contributed by atoms with E-state index in [1.165, 1.54) is 9.21 Å². The zero-order valence-electron chi connectivity index (χ0n) is 16.5. The van der Waals surface area contributed by atoms with E-state index in [2.05, 4.69) is 10.1 Å². The van der Waals surface area contributed by atoms with Gasteiger partial charge in [-0.25, -0.2) is 12.7 Å². The highest BCUT2D eigenvalue weighted by Gasteiger charge is 2.33. The van der Waals surface area contributed by atoms with Crippen LogP contribution in [0.5, 0.6) is 0 Å². The fourth-order valence-corrected chi connectivity index (χ4v) is 4.49. The predicted molar refractivity (Wildman–Crippen MR) is 105 cm³/mol. The maximum atomic E-state index is 12.8. The van der Waals surface area contributed by atoms with Gasteiger partial charge in [-0.1, -0.05) is 35.0 Å². The molecule has 0 N–H and O–H groups in total. The van der Waals surface area contributed by atoms with E-state index in [1.54, 1.807) is 14.0 Å². The molecule has 0 saturated carbocycles. The number of carbonyl (C=O) groups excluding carboxylic acids is 1. The van der Waals surface area contributed by atoms with Crippen LogP contribution in [0, 0.1) is 12.8 Å². The highest BCUT2D eigenvalue weighted by atomic mass is 32.2. The fourth-order valence-electron chi connectivity index (χ4n) is 3.31. The Bertz CT molecular complexity index is 924. The van der Waals surface area contributed by atoms with Gasteiger partial charge in [0.1, 0.15) is 0 Å². The molecular weight excluding hydrogens is 380 g/mol. The number of benzene rings is 1. The van der Waals surface area contributed by atoms with Crippen molar-refractivity contribution < 1.29 is 17.7 Å². The van der Waals surface area contributed by atoms with Crippen LogP contribution in [0.3, 0.4) is 0 Å². The summed E-state index contributed by atoms with van der Waals surface area (Å²) in [5, 5.41) is 3.98. The van der Waals surface area contributed by atoms with Gasteiger partial charge in [-0.15, -0.1) is 0 Å². The van der Waals surface area contributed by atoms with E-state index in [0.29, 0.717) is 31.1 Å². The molecule has 3 rings (SSSR count). The number of aryl methyl sites for hydroxylation is 1. The first-order chi connectivity index (χ1) is 13.3. The lowest BCUT2D eigenvalue weighted by atomic mass is 9.98. The molecule has 1 fully saturated rings. The molecule has 1 aromatic carbocycles. The van der Waals surface area contributed by atoms with Crippen molar-refractivity contribution in [3.8, 4) is 11.4 Å². The molecule has 1 aliphatic rings. The summed E-state index contributed by atoms with van der Waals surface area (Å²) < 4.78 is 30.9. The molecule has 0 bridgehead atoms. The Hall–Kier alpha value is -2.26. The number of nitrogens with zero attached hydrogens (tertiary/aromatic N) is 4. The number of aromatic nitrogens is 2. The molecule has 2 aromatic rings. The van der Waals surface area contributed by atoms with Crippen LogP contribution in [0.15, 0.2) is 28.8 Å². The standard InChI is InChI=1S/C19H26N4O4S/c1-4-28(25,26)23-11-5-6-16(12-23)19(24)22(3)13-17-20-18(21-27-17)15-9-7-14(2)8-10-15/h7-10,16H,4-6,11-13H2,1-3H3/t16-/m1/s1. The van der Waals surface area contributed by atoms with E-state index < -0.39 is 10.0 Å². The average molecular weight is 407 g/mol. The van der Waals surface area contributed by atoms with Crippen molar-refractivity contribution >= 4 is 15.9 Å². The minimum absolute atomic E-state index is 0.0491. The first-order valence-corrected chi connectivity index (χ1v) is 11.0. The minimum atomic E-state index is -3.28. The Labute approximate surface area is 165 Å². The Kier molecular flexibility index (Phi) is 6.14. The van der Waals surface area contributed by atoms with Crippen molar-refractivity contribution in [1.29, 1.82) is 0 Å². The van der Waals surface area contributed by atoms with Crippen LogP contribution in [0.4, 0.5) is 0 Å². The van der Waals surface area contributed by atoms with Crippen molar-refractivity contribution in [3.05, 3.63) is 35.7 Å². The summed E-state index contributed by atoms with van der Waals surface area (Å²) >= 11 is 0. The third-order valence-corrected chi connectivity index (χ3v) is 6.87. The molecule has 0 radical (unpaired) electrons. The van der Waals surface area contributed by atoms with Gasteiger partial charge in [-0.2, -0.15) is 4.98 Å². The zero-order chi connectivity index (χ0) is 20.3. The molecule has 1 saturated heterocycles. The monoisotopic (exact) mass is 406 g/mol. The lowest BCUT2D eigenvalue weighted by molar-refractivity contribution is -0.136. The second-order valence-corrected chi connectivity index (χ2v) is 9.43. The fraction of sp³-hybridized carbons (Fsp3) is 0.526. The smallest absolute Gasteiger partial charge is 0.246 e. The van der Waals surface area contributed by atoms with E-state index in [9.17, 15) is 13.2 Å². The van der Waals surface area contributed by atoms with Gasteiger partial charge in [0, 0.05) is 25.7 Å². The second kappa shape index (κ2) is 8.40. The summed E-state index contributed by atoms with van der Waals surface area (Å²) in [7, 11) is -1.61. The molecule has 152 valence electrons. The van der Waals surface area contributed by atoms with Gasteiger partial charge >= 0.3 is 0 Å². The van der Waals surface area contributed by atoms with Crippen LogP contribution < -0.4 is 0 Å². The van der Waals surface area contributed by atoms with Crippen molar-refractivity contribution in [2.45, 2.75) is 33.2 Å². The highest BCUT2D eigenvalue weighted by molar-refractivity contribution is 7.89. The van der Waals surface area contributed by atoms with Crippen LogP contribution >= 0.6 is 0 Å². The lowest BCUT2D eigenvalue weighted by Gasteiger charge is -2.32. The number of piperidine rings is 1. The first kappa shape index (κ1) is 20.5. The first-order valence-electron chi connectivity index (χ1n) is 9.42. The molecule has 8 nitrogen and oxygen atoms in total. The Morgan fingerprint density at radius 1 is 1.32 bits per heavy atom. The molecule has 0 spiro atoms. The number of hydrogen-bond acceptors (Lipinski definition) is 6. The van der Waals surface area contributed by atoms with Crippen LogP contribution in [0.2, 0.25) is 0 Å². The van der Waals surface area contributed by atoms with Gasteiger partial charge in [0.05, 0.1) is 18.2 Å². The largest absolute Gasteiger partial charge is 0.337 e. The average Bonchev–Trinajstić information content (AvgIpc) is 3.16. The topological polar surface area (TPSA) is 96.6 Å².